The Balaban J connectivity index is 1.88. The maximum atomic E-state index is 12.1. The van der Waals surface area contributed by atoms with Gasteiger partial charge < -0.3 is 19.5 Å². The van der Waals surface area contributed by atoms with Crippen molar-refractivity contribution in [1.29, 1.82) is 0 Å². The molecular formula is C20H25NO4. The lowest BCUT2D eigenvalue weighted by molar-refractivity contribution is -0.121. The highest BCUT2D eigenvalue weighted by Crippen LogP contribution is 2.34. The van der Waals surface area contributed by atoms with Crippen LogP contribution in [0.25, 0.3) is 0 Å². The number of hydrogen-bond donors (Lipinski definition) is 1. The van der Waals surface area contributed by atoms with Crippen LogP contribution in [0.4, 0.5) is 0 Å². The second-order valence-corrected chi connectivity index (χ2v) is 5.63. The lowest BCUT2D eigenvalue weighted by atomic mass is 10.1. The number of methoxy groups -OCH3 is 3. The summed E-state index contributed by atoms with van der Waals surface area (Å²) in [5.41, 5.74) is 2.09. The van der Waals surface area contributed by atoms with E-state index >= 15 is 0 Å². The fourth-order valence-electron chi connectivity index (χ4n) is 2.61. The van der Waals surface area contributed by atoms with Crippen LogP contribution in [0.2, 0.25) is 0 Å². The number of nitrogens with one attached hydrogen (secondary N) is 1. The molecule has 0 unspecified atom stereocenters. The molecule has 0 spiro atoms. The van der Waals surface area contributed by atoms with Crippen molar-refractivity contribution < 1.29 is 19.0 Å². The summed E-state index contributed by atoms with van der Waals surface area (Å²) in [6.45, 7) is 0.383. The maximum Gasteiger partial charge on any atom is 0.220 e. The number of hydrogen-bond acceptors (Lipinski definition) is 4. The molecule has 2 rings (SSSR count). The van der Waals surface area contributed by atoms with E-state index in [0.29, 0.717) is 30.2 Å². The molecule has 2 aromatic rings. The number of carbonyl (C=O) groups excluding carboxylic acids is 1. The van der Waals surface area contributed by atoms with Crippen LogP contribution in [-0.4, -0.2) is 27.2 Å². The lowest BCUT2D eigenvalue weighted by Gasteiger charge is -2.14. The van der Waals surface area contributed by atoms with E-state index in [4.69, 9.17) is 14.2 Å². The third-order valence-corrected chi connectivity index (χ3v) is 3.97. The second kappa shape index (κ2) is 9.57. The highest BCUT2D eigenvalue weighted by Gasteiger charge is 2.12. The van der Waals surface area contributed by atoms with E-state index in [9.17, 15) is 4.79 Å². The van der Waals surface area contributed by atoms with Crippen LogP contribution in [0.1, 0.15) is 24.0 Å². The molecular weight excluding hydrogens is 318 g/mol. The Morgan fingerprint density at radius 3 is 2.20 bits per heavy atom. The van der Waals surface area contributed by atoms with Crippen molar-refractivity contribution in [3.8, 4) is 17.2 Å². The molecule has 5 nitrogen and oxygen atoms in total. The summed E-state index contributed by atoms with van der Waals surface area (Å²) < 4.78 is 15.9. The van der Waals surface area contributed by atoms with E-state index in [-0.39, 0.29) is 5.91 Å². The molecule has 0 aliphatic rings. The normalized spacial score (nSPS) is 10.2. The first-order chi connectivity index (χ1) is 12.2. The number of carbonyl (C=O) groups is 1. The SMILES string of the molecule is COc1cc(OC)c(OC)cc1CNC(=O)CCCc1ccccc1. The average Bonchev–Trinajstić information content (AvgIpc) is 2.66. The molecule has 0 saturated carbocycles. The van der Waals surface area contributed by atoms with E-state index in [0.717, 1.165) is 18.4 Å². The molecule has 0 heterocycles. The molecule has 1 N–H and O–H groups in total. The molecule has 0 bridgehead atoms. The summed E-state index contributed by atoms with van der Waals surface area (Å²) in [6.07, 6.45) is 2.21. The summed E-state index contributed by atoms with van der Waals surface area (Å²) in [6, 6.07) is 13.8. The molecule has 0 radical (unpaired) electrons. The number of aryl methyl sites for hydroxylation is 1. The zero-order valence-corrected chi connectivity index (χ0v) is 15.0. The molecule has 25 heavy (non-hydrogen) atoms. The predicted octanol–water partition coefficient (Wildman–Crippen LogP) is 3.35. The molecule has 0 aliphatic carbocycles. The fourth-order valence-corrected chi connectivity index (χ4v) is 2.61. The van der Waals surface area contributed by atoms with Gasteiger partial charge in [-0.25, -0.2) is 0 Å². The van der Waals surface area contributed by atoms with Gasteiger partial charge in [-0.15, -0.1) is 0 Å². The zero-order valence-electron chi connectivity index (χ0n) is 15.0. The van der Waals surface area contributed by atoms with Crippen molar-refractivity contribution in [2.45, 2.75) is 25.8 Å². The first-order valence-electron chi connectivity index (χ1n) is 8.27. The Morgan fingerprint density at radius 1 is 0.920 bits per heavy atom. The third-order valence-electron chi connectivity index (χ3n) is 3.97. The van der Waals surface area contributed by atoms with Crippen LogP contribution < -0.4 is 19.5 Å². The highest BCUT2D eigenvalue weighted by molar-refractivity contribution is 5.76. The molecule has 0 aromatic heterocycles. The Bertz CT molecular complexity index is 686. The predicted molar refractivity (Wildman–Crippen MR) is 97.3 cm³/mol. The van der Waals surface area contributed by atoms with E-state index in [1.807, 2.05) is 24.3 Å². The Morgan fingerprint density at radius 2 is 1.56 bits per heavy atom. The van der Waals surface area contributed by atoms with Crippen LogP contribution in [0, 0.1) is 0 Å². The van der Waals surface area contributed by atoms with Crippen LogP contribution in [0.3, 0.4) is 0 Å². The van der Waals surface area contributed by atoms with Gasteiger partial charge in [0.2, 0.25) is 5.91 Å². The molecule has 0 saturated heterocycles. The minimum absolute atomic E-state index is 0.0211. The topological polar surface area (TPSA) is 56.8 Å². The average molecular weight is 343 g/mol. The van der Waals surface area contributed by atoms with Crippen molar-refractivity contribution in [3.63, 3.8) is 0 Å². The summed E-state index contributed by atoms with van der Waals surface area (Å²) in [5, 5.41) is 2.93. The van der Waals surface area contributed by atoms with Crippen LogP contribution in [0.15, 0.2) is 42.5 Å². The minimum Gasteiger partial charge on any atom is -0.496 e. The third kappa shape index (κ3) is 5.41. The van der Waals surface area contributed by atoms with E-state index < -0.39 is 0 Å². The second-order valence-electron chi connectivity index (χ2n) is 5.63. The standard InChI is InChI=1S/C20H25NO4/c1-23-17-13-19(25-3)18(24-2)12-16(17)14-21-20(22)11-7-10-15-8-5-4-6-9-15/h4-6,8-9,12-13H,7,10-11,14H2,1-3H3,(H,21,22). The zero-order chi connectivity index (χ0) is 18.1. The van der Waals surface area contributed by atoms with Gasteiger partial charge in [-0.1, -0.05) is 30.3 Å². The van der Waals surface area contributed by atoms with Crippen LogP contribution in [-0.2, 0) is 17.8 Å². The molecule has 2 aromatic carbocycles. The molecule has 1 amide bonds. The van der Waals surface area contributed by atoms with Gasteiger partial charge in [0.1, 0.15) is 5.75 Å². The van der Waals surface area contributed by atoms with Gasteiger partial charge in [0.15, 0.2) is 11.5 Å². The fraction of sp³-hybridized carbons (Fsp3) is 0.350. The van der Waals surface area contributed by atoms with Gasteiger partial charge in [-0.2, -0.15) is 0 Å². The summed E-state index contributed by atoms with van der Waals surface area (Å²) in [7, 11) is 4.74. The van der Waals surface area contributed by atoms with E-state index in [1.165, 1.54) is 5.56 Å². The van der Waals surface area contributed by atoms with Gasteiger partial charge >= 0.3 is 0 Å². The van der Waals surface area contributed by atoms with E-state index in [2.05, 4.69) is 17.4 Å². The molecule has 134 valence electrons. The van der Waals surface area contributed by atoms with Crippen molar-refractivity contribution in [2.24, 2.45) is 0 Å². The smallest absolute Gasteiger partial charge is 0.220 e. The van der Waals surface area contributed by atoms with Crippen LogP contribution >= 0.6 is 0 Å². The lowest BCUT2D eigenvalue weighted by Crippen LogP contribution is -2.22. The summed E-state index contributed by atoms with van der Waals surface area (Å²) in [5.74, 6) is 1.88. The van der Waals surface area contributed by atoms with Gasteiger partial charge in [-0.3, -0.25) is 4.79 Å². The van der Waals surface area contributed by atoms with E-state index in [1.54, 1.807) is 27.4 Å². The Hall–Kier alpha value is -2.69. The van der Waals surface area contributed by atoms with Crippen molar-refractivity contribution in [1.82, 2.24) is 5.32 Å². The Kier molecular flexibility index (Phi) is 7.14. The molecule has 0 fully saturated rings. The largest absolute Gasteiger partial charge is 0.496 e. The number of ether oxygens (including phenoxy) is 3. The molecule has 0 aliphatic heterocycles. The number of amides is 1. The first-order valence-corrected chi connectivity index (χ1v) is 8.27. The quantitative estimate of drug-likeness (QED) is 0.759. The maximum absolute atomic E-state index is 12.1. The van der Waals surface area contributed by atoms with Gasteiger partial charge in [0.05, 0.1) is 21.3 Å². The van der Waals surface area contributed by atoms with Gasteiger partial charge in [0, 0.05) is 24.6 Å². The monoisotopic (exact) mass is 343 g/mol. The number of benzene rings is 2. The summed E-state index contributed by atoms with van der Waals surface area (Å²) in [4.78, 5) is 12.1. The van der Waals surface area contributed by atoms with Gasteiger partial charge in [0.25, 0.3) is 0 Å². The molecule has 0 atom stereocenters. The minimum atomic E-state index is 0.0211. The Labute approximate surface area is 148 Å². The van der Waals surface area contributed by atoms with Crippen LogP contribution in [0.5, 0.6) is 17.2 Å². The van der Waals surface area contributed by atoms with Crippen molar-refractivity contribution >= 4 is 5.91 Å². The van der Waals surface area contributed by atoms with Crippen molar-refractivity contribution in [2.75, 3.05) is 21.3 Å². The molecule has 5 heteroatoms. The first kappa shape index (κ1) is 18.6. The summed E-state index contributed by atoms with van der Waals surface area (Å²) >= 11 is 0. The highest BCUT2D eigenvalue weighted by atomic mass is 16.5. The number of rotatable bonds is 9. The van der Waals surface area contributed by atoms with Gasteiger partial charge in [-0.05, 0) is 24.5 Å². The van der Waals surface area contributed by atoms with Crippen molar-refractivity contribution in [3.05, 3.63) is 53.6 Å².